The summed E-state index contributed by atoms with van der Waals surface area (Å²) in [7, 11) is 0. The zero-order valence-electron chi connectivity index (χ0n) is 7.55. The van der Waals surface area contributed by atoms with Gasteiger partial charge < -0.3 is 4.90 Å². The SMILES string of the molecule is CCN1CCCC(C2CC2)C1. The van der Waals surface area contributed by atoms with Gasteiger partial charge in [-0.15, -0.1) is 0 Å². The third-order valence-corrected chi connectivity index (χ3v) is 3.28. The van der Waals surface area contributed by atoms with Gasteiger partial charge in [0, 0.05) is 6.54 Å². The Morgan fingerprint density at radius 3 is 2.64 bits per heavy atom. The van der Waals surface area contributed by atoms with E-state index in [1.54, 1.807) is 0 Å². The maximum absolute atomic E-state index is 2.62. The van der Waals surface area contributed by atoms with Crippen LogP contribution < -0.4 is 0 Å². The molecular weight excluding hydrogens is 134 g/mol. The molecule has 1 unspecified atom stereocenters. The van der Waals surface area contributed by atoms with Crippen LogP contribution in [0.4, 0.5) is 0 Å². The van der Waals surface area contributed by atoms with E-state index in [0.29, 0.717) is 0 Å². The van der Waals surface area contributed by atoms with Crippen molar-refractivity contribution < 1.29 is 0 Å². The maximum atomic E-state index is 2.62. The normalized spacial score (nSPS) is 34.1. The molecule has 11 heavy (non-hydrogen) atoms. The molecule has 0 amide bonds. The van der Waals surface area contributed by atoms with E-state index >= 15 is 0 Å². The van der Waals surface area contributed by atoms with Crippen molar-refractivity contribution in [1.82, 2.24) is 4.90 Å². The van der Waals surface area contributed by atoms with Crippen LogP contribution in [0.15, 0.2) is 0 Å². The lowest BCUT2D eigenvalue weighted by Crippen LogP contribution is -2.35. The van der Waals surface area contributed by atoms with Gasteiger partial charge in [0.05, 0.1) is 0 Å². The van der Waals surface area contributed by atoms with E-state index in [0.717, 1.165) is 11.8 Å². The van der Waals surface area contributed by atoms with Gasteiger partial charge in [-0.3, -0.25) is 0 Å². The minimum Gasteiger partial charge on any atom is -0.303 e. The number of piperidine rings is 1. The molecule has 1 atom stereocenters. The fourth-order valence-electron chi connectivity index (χ4n) is 2.33. The summed E-state index contributed by atoms with van der Waals surface area (Å²) >= 11 is 0. The van der Waals surface area contributed by atoms with Crippen molar-refractivity contribution in [3.63, 3.8) is 0 Å². The molecule has 0 aromatic rings. The van der Waals surface area contributed by atoms with Crippen LogP contribution in [-0.4, -0.2) is 24.5 Å². The van der Waals surface area contributed by atoms with Gasteiger partial charge >= 0.3 is 0 Å². The summed E-state index contributed by atoms with van der Waals surface area (Å²) in [5.74, 6) is 2.20. The van der Waals surface area contributed by atoms with Crippen molar-refractivity contribution in [1.29, 1.82) is 0 Å². The number of hydrogen-bond acceptors (Lipinski definition) is 1. The molecule has 64 valence electrons. The molecule has 2 rings (SSSR count). The zero-order chi connectivity index (χ0) is 7.68. The van der Waals surface area contributed by atoms with Gasteiger partial charge in [-0.25, -0.2) is 0 Å². The highest BCUT2D eigenvalue weighted by Crippen LogP contribution is 2.40. The molecule has 0 spiro atoms. The number of nitrogens with zero attached hydrogens (tertiary/aromatic N) is 1. The molecule has 1 saturated heterocycles. The molecule has 2 fully saturated rings. The first-order chi connectivity index (χ1) is 5.40. The van der Waals surface area contributed by atoms with E-state index in [4.69, 9.17) is 0 Å². The minimum atomic E-state index is 1.07. The van der Waals surface area contributed by atoms with Crippen LogP contribution in [0.25, 0.3) is 0 Å². The molecule has 1 nitrogen and oxygen atoms in total. The van der Waals surface area contributed by atoms with E-state index in [9.17, 15) is 0 Å². The lowest BCUT2D eigenvalue weighted by molar-refractivity contribution is 0.168. The van der Waals surface area contributed by atoms with Crippen LogP contribution >= 0.6 is 0 Å². The summed E-state index contributed by atoms with van der Waals surface area (Å²) in [6.45, 7) is 6.32. The second-order valence-corrected chi connectivity index (χ2v) is 4.13. The monoisotopic (exact) mass is 153 g/mol. The van der Waals surface area contributed by atoms with Gasteiger partial charge in [0.1, 0.15) is 0 Å². The summed E-state index contributed by atoms with van der Waals surface area (Å²) in [5.41, 5.74) is 0. The molecule has 0 aromatic carbocycles. The van der Waals surface area contributed by atoms with Crippen LogP contribution in [0.2, 0.25) is 0 Å². The van der Waals surface area contributed by atoms with E-state index in [2.05, 4.69) is 11.8 Å². The highest BCUT2D eigenvalue weighted by molar-refractivity contribution is 4.85. The van der Waals surface area contributed by atoms with Crippen LogP contribution in [0, 0.1) is 11.8 Å². The Hall–Kier alpha value is -0.0400. The largest absolute Gasteiger partial charge is 0.303 e. The Kier molecular flexibility index (Phi) is 2.17. The van der Waals surface area contributed by atoms with Gasteiger partial charge in [0.2, 0.25) is 0 Å². The molecule has 2 aliphatic rings. The first kappa shape index (κ1) is 7.60. The first-order valence-corrected chi connectivity index (χ1v) is 5.12. The number of likely N-dealkylation sites (tertiary alicyclic amines) is 1. The molecule has 1 heteroatoms. The van der Waals surface area contributed by atoms with Gasteiger partial charge in [-0.2, -0.15) is 0 Å². The highest BCUT2D eigenvalue weighted by atomic mass is 15.1. The topological polar surface area (TPSA) is 3.24 Å². The Labute approximate surface area is 69.8 Å². The molecule has 0 radical (unpaired) electrons. The summed E-state index contributed by atoms with van der Waals surface area (Å²) in [5, 5.41) is 0. The lowest BCUT2D eigenvalue weighted by atomic mass is 9.93. The molecule has 1 aliphatic carbocycles. The fourth-order valence-corrected chi connectivity index (χ4v) is 2.33. The third kappa shape index (κ3) is 1.76. The molecule has 1 aliphatic heterocycles. The predicted octanol–water partition coefficient (Wildman–Crippen LogP) is 2.13. The first-order valence-electron chi connectivity index (χ1n) is 5.12. The summed E-state index contributed by atoms with van der Waals surface area (Å²) in [6.07, 6.45) is 6.03. The molecule has 0 bridgehead atoms. The Morgan fingerprint density at radius 2 is 2.00 bits per heavy atom. The summed E-state index contributed by atoms with van der Waals surface area (Å²) in [6, 6.07) is 0. The minimum absolute atomic E-state index is 1.07. The Balaban J connectivity index is 1.82. The average molecular weight is 153 g/mol. The van der Waals surface area contributed by atoms with E-state index < -0.39 is 0 Å². The van der Waals surface area contributed by atoms with Gasteiger partial charge in [-0.1, -0.05) is 6.92 Å². The van der Waals surface area contributed by atoms with Gasteiger partial charge in [0.25, 0.3) is 0 Å². The molecular formula is C10H19N. The van der Waals surface area contributed by atoms with Gasteiger partial charge in [0.15, 0.2) is 0 Å². The van der Waals surface area contributed by atoms with Crippen LogP contribution in [0.5, 0.6) is 0 Å². The maximum Gasteiger partial charge on any atom is 0.00122 e. The summed E-state index contributed by atoms with van der Waals surface area (Å²) < 4.78 is 0. The van der Waals surface area contributed by atoms with Crippen molar-refractivity contribution in [3.8, 4) is 0 Å². The van der Waals surface area contributed by atoms with Crippen molar-refractivity contribution >= 4 is 0 Å². The van der Waals surface area contributed by atoms with Crippen molar-refractivity contribution in [2.75, 3.05) is 19.6 Å². The van der Waals surface area contributed by atoms with Crippen LogP contribution in [0.3, 0.4) is 0 Å². The summed E-state index contributed by atoms with van der Waals surface area (Å²) in [4.78, 5) is 2.62. The van der Waals surface area contributed by atoms with Crippen LogP contribution in [0.1, 0.15) is 32.6 Å². The van der Waals surface area contributed by atoms with Crippen molar-refractivity contribution in [2.45, 2.75) is 32.6 Å². The Bertz CT molecular complexity index is 129. The lowest BCUT2D eigenvalue weighted by Gasteiger charge is -2.31. The highest BCUT2D eigenvalue weighted by Gasteiger charge is 2.33. The van der Waals surface area contributed by atoms with Crippen molar-refractivity contribution in [3.05, 3.63) is 0 Å². The second-order valence-electron chi connectivity index (χ2n) is 4.13. The standard InChI is InChI=1S/C10H19N/c1-2-11-7-3-4-10(8-11)9-5-6-9/h9-10H,2-8H2,1H3. The second kappa shape index (κ2) is 3.14. The zero-order valence-corrected chi connectivity index (χ0v) is 7.55. The molecule has 0 aromatic heterocycles. The molecule has 1 saturated carbocycles. The third-order valence-electron chi connectivity index (χ3n) is 3.28. The van der Waals surface area contributed by atoms with Crippen molar-refractivity contribution in [2.24, 2.45) is 11.8 Å². The Morgan fingerprint density at radius 1 is 1.18 bits per heavy atom. The number of rotatable bonds is 2. The molecule has 0 N–H and O–H groups in total. The average Bonchev–Trinajstić information content (AvgIpc) is 2.87. The van der Waals surface area contributed by atoms with Gasteiger partial charge in [-0.05, 0) is 50.6 Å². The van der Waals surface area contributed by atoms with E-state index in [-0.39, 0.29) is 0 Å². The molecule has 1 heterocycles. The number of hydrogen-bond donors (Lipinski definition) is 0. The van der Waals surface area contributed by atoms with Crippen LogP contribution in [-0.2, 0) is 0 Å². The fraction of sp³-hybridized carbons (Fsp3) is 1.00. The quantitative estimate of drug-likeness (QED) is 0.587. The van der Waals surface area contributed by atoms with E-state index in [1.165, 1.54) is 45.3 Å². The van der Waals surface area contributed by atoms with E-state index in [1.807, 2.05) is 0 Å². The predicted molar refractivity (Wildman–Crippen MR) is 47.6 cm³/mol. The smallest absolute Gasteiger partial charge is 0.00122 e.